The molecule has 9 heteroatoms. The average Bonchev–Trinajstić information content (AvgIpc) is 3.16. The first-order chi connectivity index (χ1) is 12.9. The number of aromatic nitrogens is 1. The van der Waals surface area contributed by atoms with Crippen LogP contribution in [0, 0.1) is 0 Å². The largest absolute Gasteiger partial charge is 0.495 e. The number of carbonyl (C=O) groups is 1. The summed E-state index contributed by atoms with van der Waals surface area (Å²) < 4.78 is 33.4. The molecular weight excluding hydrogens is 388 g/mol. The molecule has 0 fully saturated rings. The summed E-state index contributed by atoms with van der Waals surface area (Å²) in [4.78, 5) is 15.0. The molecule has 0 saturated carbocycles. The Morgan fingerprint density at radius 3 is 2.74 bits per heavy atom. The number of hydrogen-bond acceptors (Lipinski definition) is 6. The lowest BCUT2D eigenvalue weighted by atomic mass is 10.1. The van der Waals surface area contributed by atoms with Gasteiger partial charge in [-0.2, -0.15) is 0 Å². The quantitative estimate of drug-likeness (QED) is 0.626. The summed E-state index contributed by atoms with van der Waals surface area (Å²) in [6, 6.07) is 11.2. The van der Waals surface area contributed by atoms with E-state index in [1.54, 1.807) is 24.4 Å². The average molecular weight is 404 g/mol. The summed E-state index contributed by atoms with van der Waals surface area (Å²) in [7, 11) is -2.63. The standard InChI is InChI=1S/C18H16N2O5S2/c1-25-15-6-5-12(10-17(21)22)9-16(15)27(23,24)20-14-4-2-3-13(11-14)18-19-7-8-26-18/h2-9,11,20H,10H2,1H3,(H,21,22). The van der Waals surface area contributed by atoms with Crippen LogP contribution in [0.1, 0.15) is 5.56 Å². The number of anilines is 1. The smallest absolute Gasteiger partial charge is 0.307 e. The predicted molar refractivity (Wildman–Crippen MR) is 103 cm³/mol. The Morgan fingerprint density at radius 2 is 2.07 bits per heavy atom. The maximum atomic E-state index is 12.9. The lowest BCUT2D eigenvalue weighted by molar-refractivity contribution is -0.136. The van der Waals surface area contributed by atoms with E-state index in [9.17, 15) is 13.2 Å². The van der Waals surface area contributed by atoms with E-state index >= 15 is 0 Å². The first kappa shape index (κ1) is 18.9. The summed E-state index contributed by atoms with van der Waals surface area (Å²) in [5, 5.41) is 11.6. The minimum absolute atomic E-state index is 0.122. The lowest BCUT2D eigenvalue weighted by Gasteiger charge is -2.13. The number of hydrogen-bond donors (Lipinski definition) is 2. The van der Waals surface area contributed by atoms with Gasteiger partial charge in [-0.05, 0) is 29.8 Å². The van der Waals surface area contributed by atoms with Crippen molar-refractivity contribution in [2.24, 2.45) is 0 Å². The van der Waals surface area contributed by atoms with Crippen LogP contribution in [0.5, 0.6) is 5.75 Å². The van der Waals surface area contributed by atoms with Gasteiger partial charge in [0.15, 0.2) is 0 Å². The molecule has 0 saturated heterocycles. The van der Waals surface area contributed by atoms with Gasteiger partial charge in [-0.1, -0.05) is 18.2 Å². The number of carboxylic acid groups (broad SMARTS) is 1. The summed E-state index contributed by atoms with van der Waals surface area (Å²) in [5.74, 6) is -0.916. The van der Waals surface area contributed by atoms with Gasteiger partial charge in [0.05, 0.1) is 13.5 Å². The third-order valence-electron chi connectivity index (χ3n) is 3.67. The zero-order chi connectivity index (χ0) is 19.4. The minimum Gasteiger partial charge on any atom is -0.495 e. The van der Waals surface area contributed by atoms with Gasteiger partial charge in [-0.25, -0.2) is 13.4 Å². The second kappa shape index (κ2) is 7.77. The van der Waals surface area contributed by atoms with Crippen LogP contribution in [0.4, 0.5) is 5.69 Å². The highest BCUT2D eigenvalue weighted by molar-refractivity contribution is 7.92. The molecule has 0 unspecified atom stereocenters. The summed E-state index contributed by atoms with van der Waals surface area (Å²) in [6.07, 6.45) is 1.39. The zero-order valence-electron chi connectivity index (χ0n) is 14.2. The Hall–Kier alpha value is -2.91. The van der Waals surface area contributed by atoms with Crippen molar-refractivity contribution in [1.82, 2.24) is 4.98 Å². The second-order valence-electron chi connectivity index (χ2n) is 5.58. The van der Waals surface area contributed by atoms with Crippen molar-refractivity contribution in [2.45, 2.75) is 11.3 Å². The van der Waals surface area contributed by atoms with Crippen LogP contribution in [0.3, 0.4) is 0 Å². The number of thiazole rings is 1. The van der Waals surface area contributed by atoms with Gasteiger partial charge in [0.25, 0.3) is 10.0 Å². The molecule has 140 valence electrons. The molecule has 0 aliphatic heterocycles. The van der Waals surface area contributed by atoms with Gasteiger partial charge in [-0.3, -0.25) is 9.52 Å². The third-order valence-corrected chi connectivity index (χ3v) is 5.89. The summed E-state index contributed by atoms with van der Waals surface area (Å²) in [6.45, 7) is 0. The van der Waals surface area contributed by atoms with Crippen LogP contribution >= 0.6 is 11.3 Å². The molecule has 27 heavy (non-hydrogen) atoms. The van der Waals surface area contributed by atoms with E-state index < -0.39 is 16.0 Å². The molecule has 1 heterocycles. The first-order valence-corrected chi connectivity index (χ1v) is 10.2. The lowest BCUT2D eigenvalue weighted by Crippen LogP contribution is -2.15. The molecular formula is C18H16N2O5S2. The van der Waals surface area contributed by atoms with Crippen molar-refractivity contribution in [3.05, 3.63) is 59.6 Å². The number of sulfonamides is 1. The van der Waals surface area contributed by atoms with Gasteiger partial charge in [0, 0.05) is 22.8 Å². The van der Waals surface area contributed by atoms with E-state index in [4.69, 9.17) is 9.84 Å². The number of nitrogens with zero attached hydrogens (tertiary/aromatic N) is 1. The normalized spacial score (nSPS) is 11.1. The van der Waals surface area contributed by atoms with Gasteiger partial charge in [0.2, 0.25) is 0 Å². The molecule has 1 aromatic heterocycles. The fraction of sp³-hybridized carbons (Fsp3) is 0.111. The van der Waals surface area contributed by atoms with Gasteiger partial charge in [0.1, 0.15) is 15.7 Å². The van der Waals surface area contributed by atoms with E-state index in [2.05, 4.69) is 9.71 Å². The number of carboxylic acids is 1. The van der Waals surface area contributed by atoms with E-state index in [1.165, 1.54) is 36.6 Å². The number of rotatable bonds is 7. The number of nitrogens with one attached hydrogen (secondary N) is 1. The summed E-state index contributed by atoms with van der Waals surface area (Å²) in [5.41, 5.74) is 1.52. The van der Waals surface area contributed by atoms with E-state index in [1.807, 2.05) is 11.4 Å². The molecule has 0 aliphatic carbocycles. The molecule has 0 atom stereocenters. The Bertz CT molecular complexity index is 1060. The molecule has 3 aromatic rings. The molecule has 0 radical (unpaired) electrons. The third kappa shape index (κ3) is 4.44. The summed E-state index contributed by atoms with van der Waals surface area (Å²) >= 11 is 1.45. The van der Waals surface area contributed by atoms with Crippen LogP contribution in [-0.4, -0.2) is 31.6 Å². The number of aliphatic carboxylic acids is 1. The van der Waals surface area contributed by atoms with Gasteiger partial charge in [-0.15, -0.1) is 11.3 Å². The Balaban J connectivity index is 1.95. The van der Waals surface area contributed by atoms with Crippen molar-refractivity contribution in [2.75, 3.05) is 11.8 Å². The van der Waals surface area contributed by atoms with Crippen molar-refractivity contribution in [1.29, 1.82) is 0 Å². The number of ether oxygens (including phenoxy) is 1. The van der Waals surface area contributed by atoms with E-state index in [0.717, 1.165) is 10.6 Å². The maximum Gasteiger partial charge on any atom is 0.307 e. The highest BCUT2D eigenvalue weighted by atomic mass is 32.2. The van der Waals surface area contributed by atoms with Gasteiger partial charge < -0.3 is 9.84 Å². The minimum atomic E-state index is -3.98. The van der Waals surface area contributed by atoms with Gasteiger partial charge >= 0.3 is 5.97 Å². The molecule has 2 N–H and O–H groups in total. The Kier molecular flexibility index (Phi) is 5.43. The number of benzene rings is 2. The fourth-order valence-electron chi connectivity index (χ4n) is 2.51. The highest BCUT2D eigenvalue weighted by Crippen LogP contribution is 2.29. The predicted octanol–water partition coefficient (Wildman–Crippen LogP) is 3.25. The zero-order valence-corrected chi connectivity index (χ0v) is 15.9. The van der Waals surface area contributed by atoms with E-state index in [-0.39, 0.29) is 17.1 Å². The van der Waals surface area contributed by atoms with Crippen LogP contribution in [0.15, 0.2) is 58.9 Å². The molecule has 7 nitrogen and oxygen atoms in total. The Labute approximate surface area is 160 Å². The highest BCUT2D eigenvalue weighted by Gasteiger charge is 2.21. The van der Waals surface area contributed by atoms with Crippen molar-refractivity contribution in [3.8, 4) is 16.3 Å². The first-order valence-electron chi connectivity index (χ1n) is 7.80. The van der Waals surface area contributed by atoms with E-state index in [0.29, 0.717) is 11.3 Å². The fourth-order valence-corrected chi connectivity index (χ4v) is 4.41. The monoisotopic (exact) mass is 404 g/mol. The van der Waals surface area contributed by atoms with Crippen molar-refractivity contribution in [3.63, 3.8) is 0 Å². The second-order valence-corrected chi connectivity index (χ2v) is 8.12. The van der Waals surface area contributed by atoms with Crippen LogP contribution in [0.25, 0.3) is 10.6 Å². The number of methoxy groups -OCH3 is 1. The molecule has 0 amide bonds. The van der Waals surface area contributed by atoms with Crippen molar-refractivity contribution < 1.29 is 23.1 Å². The topological polar surface area (TPSA) is 106 Å². The molecule has 0 spiro atoms. The van der Waals surface area contributed by atoms with Crippen LogP contribution in [-0.2, 0) is 21.2 Å². The Morgan fingerprint density at radius 1 is 1.26 bits per heavy atom. The molecule has 0 aliphatic rings. The van der Waals surface area contributed by atoms with Crippen LogP contribution in [0.2, 0.25) is 0 Å². The molecule has 0 bridgehead atoms. The maximum absolute atomic E-state index is 12.9. The molecule has 3 rings (SSSR count). The molecule has 2 aromatic carbocycles. The SMILES string of the molecule is COc1ccc(CC(=O)O)cc1S(=O)(=O)Nc1cccc(-c2nccs2)c1. The van der Waals surface area contributed by atoms with Crippen LogP contribution < -0.4 is 9.46 Å². The van der Waals surface area contributed by atoms with Crippen molar-refractivity contribution >= 4 is 33.0 Å².